The van der Waals surface area contributed by atoms with Crippen molar-refractivity contribution in [3.63, 3.8) is 0 Å². The molecule has 1 atom stereocenters. The topological polar surface area (TPSA) is 71.1 Å². The predicted octanol–water partition coefficient (Wildman–Crippen LogP) is 7.19. The molecule has 0 spiro atoms. The SMILES string of the molecule is CCC(Sc1cccc(NC(=O)c2ccccc2C)c1)C(=O)Nc1nc(-c2ccc(C)cc2)cs1. The molecule has 5 nitrogen and oxygen atoms in total. The van der Waals surface area contributed by atoms with Gasteiger partial charge in [-0.2, -0.15) is 0 Å². The molecule has 1 unspecified atom stereocenters. The van der Waals surface area contributed by atoms with Gasteiger partial charge in [-0.1, -0.05) is 61.0 Å². The van der Waals surface area contributed by atoms with Crippen LogP contribution in [-0.4, -0.2) is 22.0 Å². The van der Waals surface area contributed by atoms with Crippen LogP contribution >= 0.6 is 23.1 Å². The van der Waals surface area contributed by atoms with Crippen molar-refractivity contribution in [2.24, 2.45) is 0 Å². The fraction of sp³-hybridized carbons (Fsp3) is 0.179. The van der Waals surface area contributed by atoms with E-state index in [9.17, 15) is 9.59 Å². The number of nitrogens with zero attached hydrogens (tertiary/aromatic N) is 1. The molecule has 1 heterocycles. The summed E-state index contributed by atoms with van der Waals surface area (Å²) in [5, 5.41) is 8.18. The molecule has 0 aliphatic rings. The van der Waals surface area contributed by atoms with Crippen LogP contribution < -0.4 is 10.6 Å². The number of rotatable bonds is 8. The van der Waals surface area contributed by atoms with Gasteiger partial charge in [-0.05, 0) is 50.1 Å². The molecule has 3 aromatic carbocycles. The first-order valence-electron chi connectivity index (χ1n) is 11.4. The average Bonchev–Trinajstić information content (AvgIpc) is 3.31. The zero-order valence-electron chi connectivity index (χ0n) is 19.9. The number of thioether (sulfide) groups is 1. The summed E-state index contributed by atoms with van der Waals surface area (Å²) < 4.78 is 0. The van der Waals surface area contributed by atoms with Gasteiger partial charge in [0.25, 0.3) is 5.91 Å². The Bertz CT molecular complexity index is 1330. The molecule has 0 radical (unpaired) electrons. The molecule has 0 saturated carbocycles. The van der Waals surface area contributed by atoms with Gasteiger partial charge in [-0.15, -0.1) is 23.1 Å². The lowest BCUT2D eigenvalue weighted by molar-refractivity contribution is -0.115. The molecule has 2 N–H and O–H groups in total. The Kier molecular flexibility index (Phi) is 8.00. The van der Waals surface area contributed by atoms with Gasteiger partial charge in [0, 0.05) is 27.1 Å². The monoisotopic (exact) mass is 501 g/mol. The van der Waals surface area contributed by atoms with Crippen LogP contribution in [0.15, 0.2) is 83.1 Å². The number of benzene rings is 3. The Hall–Kier alpha value is -3.42. The largest absolute Gasteiger partial charge is 0.322 e. The maximum Gasteiger partial charge on any atom is 0.255 e. The van der Waals surface area contributed by atoms with E-state index in [4.69, 9.17) is 0 Å². The number of anilines is 2. The fourth-order valence-corrected chi connectivity index (χ4v) is 5.27. The Morgan fingerprint density at radius 1 is 0.971 bits per heavy atom. The standard InChI is InChI=1S/C28H27N3O2S2/c1-4-25(27(33)31-28-30-24(17-34-28)20-14-12-18(2)13-15-20)35-22-10-7-9-21(16-22)29-26(32)23-11-6-5-8-19(23)3/h5-17,25H,4H2,1-3H3,(H,29,32)(H,30,31,33). The smallest absolute Gasteiger partial charge is 0.255 e. The number of aryl methyl sites for hydroxylation is 2. The van der Waals surface area contributed by atoms with E-state index in [2.05, 4.69) is 15.6 Å². The van der Waals surface area contributed by atoms with Crippen LogP contribution in [0.5, 0.6) is 0 Å². The summed E-state index contributed by atoms with van der Waals surface area (Å²) in [6.45, 7) is 5.95. The quantitative estimate of drug-likeness (QED) is 0.251. The maximum absolute atomic E-state index is 13.0. The molecule has 0 aliphatic heterocycles. The molecule has 2 amide bonds. The highest BCUT2D eigenvalue weighted by Gasteiger charge is 2.20. The molecule has 35 heavy (non-hydrogen) atoms. The minimum Gasteiger partial charge on any atom is -0.322 e. The Morgan fingerprint density at radius 3 is 2.49 bits per heavy atom. The minimum absolute atomic E-state index is 0.0864. The second-order valence-corrected chi connectivity index (χ2v) is 10.3. The summed E-state index contributed by atoms with van der Waals surface area (Å²) in [4.78, 5) is 31.2. The number of carbonyl (C=O) groups is 2. The molecule has 7 heteroatoms. The number of amides is 2. The first-order valence-corrected chi connectivity index (χ1v) is 13.2. The molecule has 4 rings (SSSR count). The van der Waals surface area contributed by atoms with E-state index in [0.717, 1.165) is 21.7 Å². The van der Waals surface area contributed by atoms with E-state index < -0.39 is 0 Å². The van der Waals surface area contributed by atoms with Crippen LogP contribution in [-0.2, 0) is 4.79 Å². The number of carbonyl (C=O) groups excluding carboxylic acids is 2. The third-order valence-corrected chi connectivity index (χ3v) is 7.62. The molecule has 0 aliphatic carbocycles. The Morgan fingerprint density at radius 2 is 1.74 bits per heavy atom. The summed E-state index contributed by atoms with van der Waals surface area (Å²) >= 11 is 2.89. The van der Waals surface area contributed by atoms with Gasteiger partial charge < -0.3 is 10.6 Å². The summed E-state index contributed by atoms with van der Waals surface area (Å²) in [5.41, 5.74) is 5.33. The van der Waals surface area contributed by atoms with E-state index in [1.54, 1.807) is 0 Å². The van der Waals surface area contributed by atoms with Gasteiger partial charge in [0.15, 0.2) is 5.13 Å². The van der Waals surface area contributed by atoms with Crippen molar-refractivity contribution in [1.29, 1.82) is 0 Å². The normalized spacial score (nSPS) is 11.6. The van der Waals surface area contributed by atoms with Gasteiger partial charge >= 0.3 is 0 Å². The molecular weight excluding hydrogens is 474 g/mol. The second kappa shape index (κ2) is 11.3. The summed E-state index contributed by atoms with van der Waals surface area (Å²) in [7, 11) is 0. The lowest BCUT2D eigenvalue weighted by Crippen LogP contribution is -2.24. The predicted molar refractivity (Wildman–Crippen MR) is 146 cm³/mol. The van der Waals surface area contributed by atoms with Gasteiger partial charge in [0.2, 0.25) is 5.91 Å². The number of hydrogen-bond acceptors (Lipinski definition) is 5. The van der Waals surface area contributed by atoms with Gasteiger partial charge in [-0.3, -0.25) is 9.59 Å². The average molecular weight is 502 g/mol. The van der Waals surface area contributed by atoms with Crippen LogP contribution in [0, 0.1) is 13.8 Å². The van der Waals surface area contributed by atoms with Crippen molar-refractivity contribution in [2.45, 2.75) is 37.3 Å². The van der Waals surface area contributed by atoms with Crippen LogP contribution in [0.3, 0.4) is 0 Å². The number of aromatic nitrogens is 1. The third kappa shape index (κ3) is 6.38. The fourth-order valence-electron chi connectivity index (χ4n) is 3.53. The highest BCUT2D eigenvalue weighted by atomic mass is 32.2. The Balaban J connectivity index is 1.40. The first-order chi connectivity index (χ1) is 16.9. The van der Waals surface area contributed by atoms with Gasteiger partial charge in [0.1, 0.15) is 0 Å². The zero-order valence-corrected chi connectivity index (χ0v) is 21.5. The Labute approximate surface area is 214 Å². The van der Waals surface area contributed by atoms with Crippen molar-refractivity contribution in [3.8, 4) is 11.3 Å². The molecule has 0 fully saturated rings. The summed E-state index contributed by atoms with van der Waals surface area (Å²) in [6.07, 6.45) is 0.659. The van der Waals surface area contributed by atoms with Crippen LogP contribution in [0.2, 0.25) is 0 Å². The number of thiazole rings is 1. The zero-order chi connectivity index (χ0) is 24.8. The third-order valence-electron chi connectivity index (χ3n) is 5.50. The molecule has 1 aromatic heterocycles. The molecule has 0 bridgehead atoms. The highest BCUT2D eigenvalue weighted by molar-refractivity contribution is 8.00. The van der Waals surface area contributed by atoms with E-state index in [1.807, 2.05) is 98.9 Å². The van der Waals surface area contributed by atoms with Gasteiger partial charge in [-0.25, -0.2) is 4.98 Å². The molecular formula is C28H27N3O2S2. The first kappa shape index (κ1) is 24.7. The van der Waals surface area contributed by atoms with Crippen LogP contribution in [0.1, 0.15) is 34.8 Å². The van der Waals surface area contributed by atoms with Gasteiger partial charge in [0.05, 0.1) is 10.9 Å². The van der Waals surface area contributed by atoms with Crippen molar-refractivity contribution in [2.75, 3.05) is 10.6 Å². The maximum atomic E-state index is 13.0. The van der Waals surface area contributed by atoms with E-state index in [1.165, 1.54) is 28.7 Å². The summed E-state index contributed by atoms with van der Waals surface area (Å²) in [6, 6.07) is 23.2. The van der Waals surface area contributed by atoms with E-state index >= 15 is 0 Å². The molecule has 178 valence electrons. The van der Waals surface area contributed by atoms with Crippen molar-refractivity contribution in [3.05, 3.63) is 94.9 Å². The van der Waals surface area contributed by atoms with E-state index in [0.29, 0.717) is 22.8 Å². The van der Waals surface area contributed by atoms with Crippen molar-refractivity contribution < 1.29 is 9.59 Å². The van der Waals surface area contributed by atoms with Crippen molar-refractivity contribution >= 4 is 45.7 Å². The minimum atomic E-state index is -0.288. The summed E-state index contributed by atoms with van der Waals surface area (Å²) in [5.74, 6) is -0.236. The van der Waals surface area contributed by atoms with E-state index in [-0.39, 0.29) is 17.1 Å². The number of hydrogen-bond donors (Lipinski definition) is 2. The van der Waals surface area contributed by atoms with Crippen LogP contribution in [0.4, 0.5) is 10.8 Å². The molecule has 0 saturated heterocycles. The lowest BCUT2D eigenvalue weighted by Gasteiger charge is -2.14. The second-order valence-electron chi connectivity index (χ2n) is 8.20. The number of nitrogens with one attached hydrogen (secondary N) is 2. The highest BCUT2D eigenvalue weighted by Crippen LogP contribution is 2.30. The van der Waals surface area contributed by atoms with Crippen LogP contribution in [0.25, 0.3) is 11.3 Å². The van der Waals surface area contributed by atoms with Crippen molar-refractivity contribution in [1.82, 2.24) is 4.98 Å². The lowest BCUT2D eigenvalue weighted by atomic mass is 10.1. The molecule has 4 aromatic rings.